The van der Waals surface area contributed by atoms with E-state index < -0.39 is 29.1 Å². The fraction of sp³-hybridized carbons (Fsp3) is 0.231. The molecule has 0 amide bonds. The summed E-state index contributed by atoms with van der Waals surface area (Å²) in [5.74, 6) is -2.87. The van der Waals surface area contributed by atoms with Crippen LogP contribution in [0.15, 0.2) is 29.8 Å². The molecule has 0 aliphatic carbocycles. The highest BCUT2D eigenvalue weighted by Crippen LogP contribution is 2.18. The minimum atomic E-state index is -1.38. The Morgan fingerprint density at radius 1 is 1.22 bits per heavy atom. The summed E-state index contributed by atoms with van der Waals surface area (Å²) in [6, 6.07) is 4.98. The maximum absolute atomic E-state index is 12.8. The third-order valence-corrected chi connectivity index (χ3v) is 2.41. The van der Waals surface area contributed by atoms with Crippen LogP contribution < -0.4 is 5.73 Å². The lowest BCUT2D eigenvalue weighted by Crippen LogP contribution is -2.21. The first kappa shape index (κ1) is 13.9. The molecule has 1 aromatic carbocycles. The van der Waals surface area contributed by atoms with Crippen LogP contribution in [0.2, 0.25) is 0 Å². The average Bonchev–Trinajstić information content (AvgIpc) is 2.29. The van der Waals surface area contributed by atoms with Crippen LogP contribution >= 0.6 is 0 Å². The van der Waals surface area contributed by atoms with Gasteiger partial charge in [0.1, 0.15) is 11.4 Å². The summed E-state index contributed by atoms with van der Waals surface area (Å²) in [5.41, 5.74) is 5.38. The number of ketones is 1. The summed E-state index contributed by atoms with van der Waals surface area (Å²) in [4.78, 5) is 22.9. The van der Waals surface area contributed by atoms with Crippen LogP contribution in [0.25, 0.3) is 5.70 Å². The average molecular weight is 251 g/mol. The van der Waals surface area contributed by atoms with Crippen molar-refractivity contribution < 1.29 is 19.1 Å². The molecule has 1 aromatic rings. The van der Waals surface area contributed by atoms with Crippen molar-refractivity contribution in [1.29, 1.82) is 0 Å². The molecule has 0 aliphatic rings. The van der Waals surface area contributed by atoms with E-state index >= 15 is 0 Å². The molecule has 3 N–H and O–H groups in total. The minimum absolute atomic E-state index is 0.152. The largest absolute Gasteiger partial charge is 0.477 e. The van der Waals surface area contributed by atoms with Gasteiger partial charge in [-0.25, -0.2) is 9.18 Å². The van der Waals surface area contributed by atoms with Crippen molar-refractivity contribution >= 4 is 17.4 Å². The van der Waals surface area contributed by atoms with Crippen LogP contribution in [0, 0.1) is 11.7 Å². The summed E-state index contributed by atoms with van der Waals surface area (Å²) >= 11 is 0. The smallest absolute Gasteiger partial charge is 0.341 e. The molecule has 4 nitrogen and oxygen atoms in total. The molecule has 5 heteroatoms. The normalized spacial score (nSPS) is 12.2. The second kappa shape index (κ2) is 5.44. The zero-order chi connectivity index (χ0) is 13.9. The van der Waals surface area contributed by atoms with Crippen molar-refractivity contribution in [3.63, 3.8) is 0 Å². The lowest BCUT2D eigenvalue weighted by atomic mass is 9.97. The van der Waals surface area contributed by atoms with Gasteiger partial charge in [-0.3, -0.25) is 4.79 Å². The quantitative estimate of drug-likeness (QED) is 0.486. The molecule has 0 fully saturated rings. The molecular weight excluding hydrogens is 237 g/mol. The zero-order valence-corrected chi connectivity index (χ0v) is 10.1. The Kier molecular flexibility index (Phi) is 4.20. The molecule has 18 heavy (non-hydrogen) atoms. The van der Waals surface area contributed by atoms with Gasteiger partial charge < -0.3 is 10.8 Å². The van der Waals surface area contributed by atoms with Crippen molar-refractivity contribution in [2.75, 3.05) is 0 Å². The van der Waals surface area contributed by atoms with E-state index in [1.807, 2.05) is 0 Å². The highest BCUT2D eigenvalue weighted by molar-refractivity contribution is 6.22. The third kappa shape index (κ3) is 2.94. The second-order valence-corrected chi connectivity index (χ2v) is 4.12. The molecular formula is C13H14FNO3. The Hall–Kier alpha value is -2.17. The molecule has 0 aliphatic heterocycles. The van der Waals surface area contributed by atoms with Crippen LogP contribution in [0.1, 0.15) is 19.4 Å². The number of aliphatic carboxylic acids is 1. The van der Waals surface area contributed by atoms with E-state index in [9.17, 15) is 14.0 Å². The first-order valence-corrected chi connectivity index (χ1v) is 5.37. The predicted molar refractivity (Wildman–Crippen MR) is 65.0 cm³/mol. The monoisotopic (exact) mass is 251 g/mol. The standard InChI is InChI=1S/C13H14FNO3/c1-7(2)12(16)10(13(17)18)11(15)8-3-5-9(14)6-4-8/h3-7H,15H2,1-2H3,(H,17,18). The van der Waals surface area contributed by atoms with Crippen molar-refractivity contribution in [2.24, 2.45) is 11.7 Å². The summed E-state index contributed by atoms with van der Waals surface area (Å²) in [6.07, 6.45) is 0. The number of carboxylic acids is 1. The van der Waals surface area contributed by atoms with Gasteiger partial charge in [-0.2, -0.15) is 0 Å². The van der Waals surface area contributed by atoms with Crippen molar-refractivity contribution in [2.45, 2.75) is 13.8 Å². The Labute approximate surface area is 104 Å². The Bertz CT molecular complexity index is 503. The topological polar surface area (TPSA) is 80.4 Å². The van der Waals surface area contributed by atoms with E-state index in [1.54, 1.807) is 13.8 Å². The van der Waals surface area contributed by atoms with Crippen LogP contribution in [-0.2, 0) is 9.59 Å². The first-order valence-electron chi connectivity index (χ1n) is 5.37. The fourth-order valence-corrected chi connectivity index (χ4v) is 1.42. The van der Waals surface area contributed by atoms with Crippen LogP contribution in [0.5, 0.6) is 0 Å². The molecule has 96 valence electrons. The van der Waals surface area contributed by atoms with Gasteiger partial charge in [-0.1, -0.05) is 13.8 Å². The fourth-order valence-electron chi connectivity index (χ4n) is 1.42. The molecule has 0 saturated heterocycles. The number of carbonyl (C=O) groups excluding carboxylic acids is 1. The van der Waals surface area contributed by atoms with E-state index in [4.69, 9.17) is 10.8 Å². The molecule has 0 spiro atoms. The highest BCUT2D eigenvalue weighted by Gasteiger charge is 2.24. The summed E-state index contributed by atoms with van der Waals surface area (Å²) in [6.45, 7) is 3.17. The van der Waals surface area contributed by atoms with Gasteiger partial charge in [0.15, 0.2) is 5.78 Å². The molecule has 1 rings (SSSR count). The Morgan fingerprint density at radius 2 is 1.72 bits per heavy atom. The second-order valence-electron chi connectivity index (χ2n) is 4.12. The van der Waals surface area contributed by atoms with Gasteiger partial charge in [-0.05, 0) is 29.8 Å². The summed E-state index contributed by atoms with van der Waals surface area (Å²) in [7, 11) is 0. The van der Waals surface area contributed by atoms with E-state index in [0.717, 1.165) is 12.1 Å². The summed E-state index contributed by atoms with van der Waals surface area (Å²) in [5, 5.41) is 9.05. The highest BCUT2D eigenvalue weighted by atomic mass is 19.1. The van der Waals surface area contributed by atoms with E-state index in [0.29, 0.717) is 5.56 Å². The Morgan fingerprint density at radius 3 is 2.11 bits per heavy atom. The maximum Gasteiger partial charge on any atom is 0.341 e. The van der Waals surface area contributed by atoms with E-state index in [-0.39, 0.29) is 5.70 Å². The van der Waals surface area contributed by atoms with E-state index in [1.165, 1.54) is 12.1 Å². The number of hydrogen-bond donors (Lipinski definition) is 2. The number of hydrogen-bond acceptors (Lipinski definition) is 3. The minimum Gasteiger partial charge on any atom is -0.477 e. The molecule has 0 saturated carbocycles. The van der Waals surface area contributed by atoms with Gasteiger partial charge in [-0.15, -0.1) is 0 Å². The van der Waals surface area contributed by atoms with Gasteiger partial charge in [0.05, 0.1) is 5.70 Å². The van der Waals surface area contributed by atoms with Gasteiger partial charge in [0, 0.05) is 5.92 Å². The number of Topliss-reactive ketones (excluding diaryl/α,β-unsaturated/α-hetero) is 1. The molecule has 0 atom stereocenters. The number of halogens is 1. The molecule has 0 bridgehead atoms. The van der Waals surface area contributed by atoms with E-state index in [2.05, 4.69) is 0 Å². The predicted octanol–water partition coefficient (Wildman–Crippen LogP) is 1.81. The Balaban J connectivity index is 3.32. The molecule has 0 unspecified atom stereocenters. The number of carboxylic acid groups (broad SMARTS) is 1. The number of rotatable bonds is 4. The summed E-state index contributed by atoms with van der Waals surface area (Å²) < 4.78 is 12.8. The number of nitrogens with two attached hydrogens (primary N) is 1. The van der Waals surface area contributed by atoms with Crippen molar-refractivity contribution in [1.82, 2.24) is 0 Å². The SMILES string of the molecule is CC(C)C(=O)C(C(=O)O)=C(N)c1ccc(F)cc1. The molecule has 0 aromatic heterocycles. The van der Waals surface area contributed by atoms with Crippen molar-refractivity contribution in [3.8, 4) is 0 Å². The van der Waals surface area contributed by atoms with Crippen molar-refractivity contribution in [3.05, 3.63) is 41.2 Å². The van der Waals surface area contributed by atoms with Gasteiger partial charge >= 0.3 is 5.97 Å². The van der Waals surface area contributed by atoms with Gasteiger partial charge in [0.2, 0.25) is 0 Å². The lowest BCUT2D eigenvalue weighted by Gasteiger charge is -2.09. The third-order valence-electron chi connectivity index (χ3n) is 2.41. The number of carbonyl (C=O) groups is 2. The van der Waals surface area contributed by atoms with Crippen LogP contribution in [0.4, 0.5) is 4.39 Å². The van der Waals surface area contributed by atoms with Gasteiger partial charge in [0.25, 0.3) is 0 Å². The lowest BCUT2D eigenvalue weighted by molar-refractivity contribution is -0.135. The zero-order valence-electron chi connectivity index (χ0n) is 10.1. The van der Waals surface area contributed by atoms with Crippen LogP contribution in [-0.4, -0.2) is 16.9 Å². The first-order chi connectivity index (χ1) is 8.34. The number of benzene rings is 1. The van der Waals surface area contributed by atoms with Crippen LogP contribution in [0.3, 0.4) is 0 Å². The molecule has 0 heterocycles. The maximum atomic E-state index is 12.8. The molecule has 0 radical (unpaired) electrons.